The van der Waals surface area contributed by atoms with Crippen LogP contribution in [-0.4, -0.2) is 36.6 Å². The van der Waals surface area contributed by atoms with E-state index in [1.807, 2.05) is 6.92 Å². The van der Waals surface area contributed by atoms with Gasteiger partial charge in [-0.3, -0.25) is 9.69 Å². The van der Waals surface area contributed by atoms with Gasteiger partial charge < -0.3 is 4.74 Å². The van der Waals surface area contributed by atoms with Crippen LogP contribution in [0, 0.1) is 17.2 Å². The summed E-state index contributed by atoms with van der Waals surface area (Å²) in [6.45, 7) is 7.08. The monoisotopic (exact) mass is 236 g/mol. The number of methoxy groups -OCH3 is 1. The molecule has 1 fully saturated rings. The molecule has 4 nitrogen and oxygen atoms in total. The van der Waals surface area contributed by atoms with Crippen LogP contribution in [-0.2, 0) is 9.53 Å². The Kier molecular flexibility index (Phi) is 4.71. The van der Waals surface area contributed by atoms with E-state index in [0.717, 1.165) is 13.0 Å². The molecule has 0 bridgehead atoms. The van der Waals surface area contributed by atoms with Crippen molar-refractivity contribution in [1.29, 1.82) is 5.26 Å². The maximum atomic E-state index is 12.1. The molecular weight excluding hydrogens is 216 g/mol. The van der Waals surface area contributed by atoms with E-state index in [1.165, 1.54) is 7.11 Å². The predicted octanol–water partition coefficient (Wildman–Crippen LogP) is 1.73. The van der Waals surface area contributed by atoms with Crippen LogP contribution in [0.3, 0.4) is 0 Å². The maximum Gasteiger partial charge on any atom is 0.326 e. The molecule has 1 aliphatic rings. The zero-order valence-corrected chi connectivity index (χ0v) is 10.6. The van der Waals surface area contributed by atoms with Crippen LogP contribution in [0.25, 0.3) is 0 Å². The lowest BCUT2D eigenvalue weighted by molar-refractivity contribution is -0.159. The highest BCUT2D eigenvalue weighted by atomic mass is 16.5. The van der Waals surface area contributed by atoms with Gasteiger partial charge in [-0.15, -0.1) is 6.58 Å². The van der Waals surface area contributed by atoms with E-state index in [2.05, 4.69) is 17.5 Å². The van der Waals surface area contributed by atoms with Crippen LogP contribution in [0.15, 0.2) is 12.7 Å². The molecule has 0 spiro atoms. The number of rotatable bonds is 4. The Morgan fingerprint density at radius 3 is 2.94 bits per heavy atom. The molecule has 0 aromatic rings. The van der Waals surface area contributed by atoms with Gasteiger partial charge in [0.15, 0.2) is 0 Å². The van der Waals surface area contributed by atoms with Gasteiger partial charge in [-0.05, 0) is 19.3 Å². The minimum atomic E-state index is -0.651. The highest BCUT2D eigenvalue weighted by Crippen LogP contribution is 2.35. The number of hydrogen-bond acceptors (Lipinski definition) is 4. The summed E-state index contributed by atoms with van der Waals surface area (Å²) in [7, 11) is 1.40. The third-order valence-electron chi connectivity index (χ3n) is 3.62. The van der Waals surface area contributed by atoms with Crippen molar-refractivity contribution in [3.05, 3.63) is 12.7 Å². The second-order valence-corrected chi connectivity index (χ2v) is 4.43. The van der Waals surface area contributed by atoms with E-state index in [4.69, 9.17) is 10.00 Å². The quantitative estimate of drug-likeness (QED) is 0.551. The summed E-state index contributed by atoms with van der Waals surface area (Å²) in [5.74, 6) is -0.295. The number of esters is 1. The summed E-state index contributed by atoms with van der Waals surface area (Å²) in [6.07, 6.45) is 3.81. The standard InChI is InChI=1S/C13H20N2O2/c1-4-7-15-8-6-11(10-14)9-13(15,5-2)12(16)17-3/h4,11H,1,5-9H2,2-3H3/t11-,13-/m0/s1. The van der Waals surface area contributed by atoms with Crippen molar-refractivity contribution in [2.24, 2.45) is 5.92 Å². The van der Waals surface area contributed by atoms with Crippen LogP contribution in [0.5, 0.6) is 0 Å². The first-order valence-corrected chi connectivity index (χ1v) is 5.98. The molecule has 2 atom stereocenters. The lowest BCUT2D eigenvalue weighted by atomic mass is 9.78. The zero-order chi connectivity index (χ0) is 12.9. The highest BCUT2D eigenvalue weighted by molar-refractivity contribution is 5.81. The lowest BCUT2D eigenvalue weighted by Gasteiger charge is -2.45. The van der Waals surface area contributed by atoms with Gasteiger partial charge in [0.25, 0.3) is 0 Å². The number of ether oxygens (including phenoxy) is 1. The summed E-state index contributed by atoms with van der Waals surface area (Å²) in [6, 6.07) is 2.27. The molecule has 1 rings (SSSR count). The summed E-state index contributed by atoms with van der Waals surface area (Å²) in [4.78, 5) is 14.1. The third kappa shape index (κ3) is 2.50. The van der Waals surface area contributed by atoms with Crippen molar-refractivity contribution >= 4 is 5.97 Å². The second kappa shape index (κ2) is 5.83. The maximum absolute atomic E-state index is 12.1. The fourth-order valence-electron chi connectivity index (χ4n) is 2.61. The molecule has 1 saturated heterocycles. The van der Waals surface area contributed by atoms with Gasteiger partial charge in [0.2, 0.25) is 0 Å². The Bertz CT molecular complexity index is 335. The first kappa shape index (κ1) is 13.7. The number of nitriles is 1. The smallest absolute Gasteiger partial charge is 0.326 e. The van der Waals surface area contributed by atoms with Crippen molar-refractivity contribution in [1.82, 2.24) is 4.90 Å². The number of piperidine rings is 1. The van der Waals surface area contributed by atoms with E-state index in [1.54, 1.807) is 6.08 Å². The van der Waals surface area contributed by atoms with E-state index >= 15 is 0 Å². The Labute approximate surface area is 103 Å². The molecule has 0 radical (unpaired) electrons. The van der Waals surface area contributed by atoms with Crippen molar-refractivity contribution in [3.8, 4) is 6.07 Å². The van der Waals surface area contributed by atoms with Gasteiger partial charge >= 0.3 is 5.97 Å². The summed E-state index contributed by atoms with van der Waals surface area (Å²) >= 11 is 0. The number of carbonyl (C=O) groups is 1. The minimum Gasteiger partial charge on any atom is -0.468 e. The number of likely N-dealkylation sites (tertiary alicyclic amines) is 1. The third-order valence-corrected chi connectivity index (χ3v) is 3.62. The second-order valence-electron chi connectivity index (χ2n) is 4.43. The van der Waals surface area contributed by atoms with Crippen molar-refractivity contribution in [2.45, 2.75) is 31.7 Å². The van der Waals surface area contributed by atoms with E-state index in [9.17, 15) is 4.79 Å². The Hall–Kier alpha value is -1.34. The molecule has 0 N–H and O–H groups in total. The Morgan fingerprint density at radius 2 is 2.47 bits per heavy atom. The van der Waals surface area contributed by atoms with Gasteiger partial charge in [-0.1, -0.05) is 13.0 Å². The molecule has 0 aliphatic carbocycles. The number of carbonyl (C=O) groups excluding carboxylic acids is 1. The fourth-order valence-corrected chi connectivity index (χ4v) is 2.61. The molecule has 0 saturated carbocycles. The van der Waals surface area contributed by atoms with Gasteiger partial charge in [0.05, 0.1) is 13.2 Å². The van der Waals surface area contributed by atoms with Crippen LogP contribution in [0.1, 0.15) is 26.2 Å². The minimum absolute atomic E-state index is 0.0601. The molecule has 4 heteroatoms. The molecule has 17 heavy (non-hydrogen) atoms. The van der Waals surface area contributed by atoms with Crippen molar-refractivity contribution in [2.75, 3.05) is 20.2 Å². The zero-order valence-electron chi connectivity index (χ0n) is 10.6. The van der Waals surface area contributed by atoms with Crippen LogP contribution >= 0.6 is 0 Å². The molecular formula is C13H20N2O2. The summed E-state index contributed by atoms with van der Waals surface area (Å²) in [5.41, 5.74) is -0.651. The first-order valence-electron chi connectivity index (χ1n) is 5.98. The molecule has 1 heterocycles. The SMILES string of the molecule is C=CCN1CC[C@H](C#N)C[C@@]1(CC)C(=O)OC. The van der Waals surface area contributed by atoms with Crippen LogP contribution in [0.4, 0.5) is 0 Å². The van der Waals surface area contributed by atoms with E-state index in [-0.39, 0.29) is 11.9 Å². The lowest BCUT2D eigenvalue weighted by Crippen LogP contribution is -2.59. The summed E-state index contributed by atoms with van der Waals surface area (Å²) in [5, 5.41) is 9.05. The summed E-state index contributed by atoms with van der Waals surface area (Å²) < 4.78 is 4.93. The normalized spacial score (nSPS) is 29.4. The first-order chi connectivity index (χ1) is 8.14. The molecule has 0 amide bonds. The molecule has 94 valence electrons. The van der Waals surface area contributed by atoms with Crippen molar-refractivity contribution < 1.29 is 9.53 Å². The van der Waals surface area contributed by atoms with Gasteiger partial charge in [-0.2, -0.15) is 5.26 Å². The predicted molar refractivity (Wildman–Crippen MR) is 65.1 cm³/mol. The highest BCUT2D eigenvalue weighted by Gasteiger charge is 2.47. The molecule has 0 aromatic heterocycles. The topological polar surface area (TPSA) is 53.3 Å². The average Bonchev–Trinajstić information content (AvgIpc) is 2.38. The average molecular weight is 236 g/mol. The molecule has 0 unspecified atom stereocenters. The van der Waals surface area contributed by atoms with Crippen molar-refractivity contribution in [3.63, 3.8) is 0 Å². The van der Waals surface area contributed by atoms with Gasteiger partial charge in [0.1, 0.15) is 5.54 Å². The van der Waals surface area contributed by atoms with Crippen LogP contribution in [0.2, 0.25) is 0 Å². The van der Waals surface area contributed by atoms with Gasteiger partial charge in [0, 0.05) is 19.0 Å². The van der Waals surface area contributed by atoms with E-state index in [0.29, 0.717) is 19.4 Å². The number of nitrogens with zero attached hydrogens (tertiary/aromatic N) is 2. The number of hydrogen-bond donors (Lipinski definition) is 0. The Balaban J connectivity index is 3.02. The molecule has 1 aliphatic heterocycles. The van der Waals surface area contributed by atoms with Crippen LogP contribution < -0.4 is 0 Å². The fraction of sp³-hybridized carbons (Fsp3) is 0.692. The van der Waals surface area contributed by atoms with Gasteiger partial charge in [-0.25, -0.2) is 0 Å². The molecule has 0 aromatic carbocycles. The van der Waals surface area contributed by atoms with E-state index < -0.39 is 5.54 Å². The Morgan fingerprint density at radius 1 is 1.76 bits per heavy atom. The largest absolute Gasteiger partial charge is 0.468 e.